The molecule has 1 heterocycles. The van der Waals surface area contributed by atoms with E-state index in [9.17, 15) is 0 Å². The lowest BCUT2D eigenvalue weighted by atomic mass is 9.96. The van der Waals surface area contributed by atoms with Crippen molar-refractivity contribution < 1.29 is 0 Å². The van der Waals surface area contributed by atoms with E-state index >= 15 is 0 Å². The molecular formula is C14H26N2. The van der Waals surface area contributed by atoms with Crippen LogP contribution in [-0.2, 0) is 0 Å². The van der Waals surface area contributed by atoms with Gasteiger partial charge in [-0.25, -0.2) is 0 Å². The molecule has 16 heavy (non-hydrogen) atoms. The van der Waals surface area contributed by atoms with E-state index in [2.05, 4.69) is 29.3 Å². The second-order valence-electron chi connectivity index (χ2n) is 5.23. The van der Waals surface area contributed by atoms with Crippen molar-refractivity contribution in [2.45, 2.75) is 45.1 Å². The Morgan fingerprint density at radius 2 is 2.25 bits per heavy atom. The quantitative estimate of drug-likeness (QED) is 0.735. The minimum Gasteiger partial charge on any atom is -0.316 e. The van der Waals surface area contributed by atoms with E-state index in [0.29, 0.717) is 0 Å². The molecule has 0 bridgehead atoms. The molecule has 1 saturated heterocycles. The fourth-order valence-electron chi connectivity index (χ4n) is 3.01. The van der Waals surface area contributed by atoms with Crippen LogP contribution in [0, 0.1) is 5.92 Å². The molecule has 0 aromatic heterocycles. The van der Waals surface area contributed by atoms with Crippen LogP contribution < -0.4 is 5.32 Å². The van der Waals surface area contributed by atoms with Gasteiger partial charge in [-0.2, -0.15) is 0 Å². The molecule has 92 valence electrons. The van der Waals surface area contributed by atoms with Gasteiger partial charge in [0.1, 0.15) is 0 Å². The van der Waals surface area contributed by atoms with Crippen molar-refractivity contribution in [3.05, 3.63) is 12.2 Å². The number of rotatable bonds is 4. The van der Waals surface area contributed by atoms with E-state index in [0.717, 1.165) is 12.0 Å². The Morgan fingerprint density at radius 1 is 1.31 bits per heavy atom. The summed E-state index contributed by atoms with van der Waals surface area (Å²) < 4.78 is 0. The Hall–Kier alpha value is -0.340. The van der Waals surface area contributed by atoms with Crippen LogP contribution in [0.3, 0.4) is 0 Å². The Labute approximate surface area is 100 Å². The second kappa shape index (κ2) is 6.41. The molecule has 0 aromatic carbocycles. The average molecular weight is 222 g/mol. The van der Waals surface area contributed by atoms with Crippen molar-refractivity contribution in [3.8, 4) is 0 Å². The SMILES string of the molecule is CCN(CC1CCCNC1)C1C=CCCC1. The van der Waals surface area contributed by atoms with Gasteiger partial charge < -0.3 is 5.32 Å². The number of allylic oxidation sites excluding steroid dienone is 1. The maximum atomic E-state index is 3.52. The van der Waals surface area contributed by atoms with Crippen LogP contribution in [-0.4, -0.2) is 37.1 Å². The Kier molecular flexibility index (Phi) is 4.86. The van der Waals surface area contributed by atoms with E-state index in [1.165, 1.54) is 58.3 Å². The number of piperidine rings is 1. The number of nitrogens with zero attached hydrogens (tertiary/aromatic N) is 1. The summed E-state index contributed by atoms with van der Waals surface area (Å²) in [4.78, 5) is 2.67. The Bertz CT molecular complexity index is 219. The van der Waals surface area contributed by atoms with Gasteiger partial charge in [0, 0.05) is 12.6 Å². The summed E-state index contributed by atoms with van der Waals surface area (Å²) >= 11 is 0. The molecule has 1 aliphatic heterocycles. The predicted molar refractivity (Wildman–Crippen MR) is 69.6 cm³/mol. The van der Waals surface area contributed by atoms with Crippen molar-refractivity contribution in [2.24, 2.45) is 5.92 Å². The molecule has 1 N–H and O–H groups in total. The molecule has 2 unspecified atom stereocenters. The van der Waals surface area contributed by atoms with Crippen LogP contribution in [0.1, 0.15) is 39.0 Å². The summed E-state index contributed by atoms with van der Waals surface area (Å²) in [6, 6.07) is 0.723. The first kappa shape index (κ1) is 12.1. The molecule has 0 radical (unpaired) electrons. The molecule has 0 aromatic rings. The Morgan fingerprint density at radius 3 is 2.88 bits per heavy atom. The first-order valence-corrected chi connectivity index (χ1v) is 7.01. The molecule has 0 saturated carbocycles. The summed E-state index contributed by atoms with van der Waals surface area (Å²) in [5.74, 6) is 0.879. The molecule has 2 nitrogen and oxygen atoms in total. The Balaban J connectivity index is 1.83. The van der Waals surface area contributed by atoms with Gasteiger partial charge in [0.05, 0.1) is 0 Å². The van der Waals surface area contributed by atoms with E-state index in [1.807, 2.05) is 0 Å². The average Bonchev–Trinajstić information content (AvgIpc) is 2.38. The van der Waals surface area contributed by atoms with Gasteiger partial charge in [-0.15, -0.1) is 0 Å². The zero-order chi connectivity index (χ0) is 11.2. The van der Waals surface area contributed by atoms with E-state index < -0.39 is 0 Å². The molecule has 2 rings (SSSR count). The van der Waals surface area contributed by atoms with Crippen LogP contribution >= 0.6 is 0 Å². The topological polar surface area (TPSA) is 15.3 Å². The predicted octanol–water partition coefficient (Wildman–Crippen LogP) is 2.42. The third-order valence-electron chi connectivity index (χ3n) is 4.00. The fourth-order valence-corrected chi connectivity index (χ4v) is 3.01. The van der Waals surface area contributed by atoms with Crippen molar-refractivity contribution in [2.75, 3.05) is 26.2 Å². The summed E-state index contributed by atoms with van der Waals surface area (Å²) in [6.07, 6.45) is 11.6. The van der Waals surface area contributed by atoms with E-state index in [1.54, 1.807) is 0 Å². The van der Waals surface area contributed by atoms with Crippen molar-refractivity contribution in [1.29, 1.82) is 0 Å². The van der Waals surface area contributed by atoms with Crippen molar-refractivity contribution in [3.63, 3.8) is 0 Å². The van der Waals surface area contributed by atoms with Crippen LogP contribution in [0.15, 0.2) is 12.2 Å². The molecule has 2 atom stereocenters. The number of likely N-dealkylation sites (N-methyl/N-ethyl adjacent to an activating group) is 1. The first-order valence-electron chi connectivity index (χ1n) is 7.01. The van der Waals surface area contributed by atoms with Gasteiger partial charge in [0.15, 0.2) is 0 Å². The van der Waals surface area contributed by atoms with Gasteiger partial charge >= 0.3 is 0 Å². The third kappa shape index (κ3) is 3.33. The maximum absolute atomic E-state index is 3.52. The zero-order valence-corrected chi connectivity index (χ0v) is 10.6. The first-order chi connectivity index (χ1) is 7.90. The van der Waals surface area contributed by atoms with Gasteiger partial charge in [-0.05, 0) is 57.7 Å². The molecule has 0 spiro atoms. The highest BCUT2D eigenvalue weighted by Gasteiger charge is 2.21. The minimum atomic E-state index is 0.723. The maximum Gasteiger partial charge on any atom is 0.0278 e. The normalized spacial score (nSPS) is 30.9. The lowest BCUT2D eigenvalue weighted by molar-refractivity contribution is 0.175. The summed E-state index contributed by atoms with van der Waals surface area (Å²) in [7, 11) is 0. The number of nitrogens with one attached hydrogen (secondary N) is 1. The van der Waals surface area contributed by atoms with Gasteiger partial charge in [0.25, 0.3) is 0 Å². The van der Waals surface area contributed by atoms with Crippen LogP contribution in [0.4, 0.5) is 0 Å². The zero-order valence-electron chi connectivity index (χ0n) is 10.6. The number of hydrogen-bond acceptors (Lipinski definition) is 2. The highest BCUT2D eigenvalue weighted by molar-refractivity contribution is 4.98. The van der Waals surface area contributed by atoms with Crippen molar-refractivity contribution in [1.82, 2.24) is 10.2 Å². The van der Waals surface area contributed by atoms with Crippen LogP contribution in [0.2, 0.25) is 0 Å². The molecule has 2 heteroatoms. The van der Waals surface area contributed by atoms with Crippen LogP contribution in [0.25, 0.3) is 0 Å². The van der Waals surface area contributed by atoms with Gasteiger partial charge in [-0.1, -0.05) is 19.1 Å². The summed E-state index contributed by atoms with van der Waals surface area (Å²) in [6.45, 7) is 7.25. The smallest absolute Gasteiger partial charge is 0.0278 e. The van der Waals surface area contributed by atoms with E-state index in [4.69, 9.17) is 0 Å². The monoisotopic (exact) mass is 222 g/mol. The minimum absolute atomic E-state index is 0.723. The molecule has 1 fully saturated rings. The second-order valence-corrected chi connectivity index (χ2v) is 5.23. The highest BCUT2D eigenvalue weighted by Crippen LogP contribution is 2.19. The third-order valence-corrected chi connectivity index (χ3v) is 4.00. The van der Waals surface area contributed by atoms with Crippen LogP contribution in [0.5, 0.6) is 0 Å². The molecule has 1 aliphatic carbocycles. The van der Waals surface area contributed by atoms with E-state index in [-0.39, 0.29) is 0 Å². The molecule has 2 aliphatic rings. The fraction of sp³-hybridized carbons (Fsp3) is 0.857. The number of hydrogen-bond donors (Lipinski definition) is 1. The largest absolute Gasteiger partial charge is 0.316 e. The standard InChI is InChI=1S/C14H26N2/c1-2-16(14-8-4-3-5-9-14)12-13-7-6-10-15-11-13/h4,8,13-15H,2-3,5-7,9-12H2,1H3. The lowest BCUT2D eigenvalue weighted by Gasteiger charge is -2.35. The molecular weight excluding hydrogens is 196 g/mol. The highest BCUT2D eigenvalue weighted by atomic mass is 15.2. The van der Waals surface area contributed by atoms with Gasteiger partial charge in [0.2, 0.25) is 0 Å². The van der Waals surface area contributed by atoms with Gasteiger partial charge in [-0.3, -0.25) is 4.90 Å². The summed E-state index contributed by atoms with van der Waals surface area (Å²) in [5.41, 5.74) is 0. The summed E-state index contributed by atoms with van der Waals surface area (Å²) in [5, 5.41) is 3.52. The molecule has 0 amide bonds. The van der Waals surface area contributed by atoms with Crippen molar-refractivity contribution >= 4 is 0 Å². The lowest BCUT2D eigenvalue weighted by Crippen LogP contribution is -2.42.